The van der Waals surface area contributed by atoms with Gasteiger partial charge in [-0.2, -0.15) is 0 Å². The van der Waals surface area contributed by atoms with Crippen molar-refractivity contribution in [1.29, 1.82) is 0 Å². The molecule has 1 aliphatic carbocycles. The maximum Gasteiger partial charge on any atom is 0.0295 e. The summed E-state index contributed by atoms with van der Waals surface area (Å²) in [6.07, 6.45) is 2.47. The minimum Gasteiger partial charge on any atom is -0.306 e. The Bertz CT molecular complexity index is 595. The normalized spacial score (nSPS) is 28.5. The lowest BCUT2D eigenvalue weighted by Crippen LogP contribution is -2.54. The van der Waals surface area contributed by atoms with Gasteiger partial charge in [0.2, 0.25) is 0 Å². The van der Waals surface area contributed by atoms with Gasteiger partial charge in [-0.25, -0.2) is 0 Å². The number of hydrogen-bond acceptors (Lipinski definition) is 2. The zero-order valence-corrected chi connectivity index (χ0v) is 16.7. The second-order valence-electron chi connectivity index (χ2n) is 8.24. The van der Waals surface area contributed by atoms with Crippen LogP contribution in [0.2, 0.25) is 0 Å². The first kappa shape index (κ1) is 19.1. The van der Waals surface area contributed by atoms with E-state index in [0.29, 0.717) is 24.2 Å². The minimum atomic E-state index is 0.373. The monoisotopic (exact) mass is 350 g/mol. The van der Waals surface area contributed by atoms with Gasteiger partial charge in [0.05, 0.1) is 0 Å². The quantitative estimate of drug-likeness (QED) is 0.719. The van der Waals surface area contributed by atoms with Crippen molar-refractivity contribution in [3.63, 3.8) is 0 Å². The minimum absolute atomic E-state index is 0.373. The van der Waals surface area contributed by atoms with Crippen molar-refractivity contribution in [1.82, 2.24) is 10.6 Å². The molecule has 0 aromatic heterocycles. The molecule has 1 aliphatic rings. The van der Waals surface area contributed by atoms with Gasteiger partial charge >= 0.3 is 0 Å². The van der Waals surface area contributed by atoms with Crippen molar-refractivity contribution in [2.45, 2.75) is 64.7 Å². The fourth-order valence-corrected chi connectivity index (χ4v) is 4.28. The summed E-state index contributed by atoms with van der Waals surface area (Å²) in [5, 5.41) is 7.86. The second-order valence-corrected chi connectivity index (χ2v) is 8.24. The van der Waals surface area contributed by atoms with Crippen LogP contribution in [0.5, 0.6) is 0 Å². The maximum absolute atomic E-state index is 3.93. The molecule has 0 unspecified atom stereocenters. The van der Waals surface area contributed by atoms with Crippen LogP contribution in [-0.4, -0.2) is 12.1 Å². The van der Waals surface area contributed by atoms with Crippen LogP contribution in [0.4, 0.5) is 0 Å². The topological polar surface area (TPSA) is 24.1 Å². The average Bonchev–Trinajstić information content (AvgIpc) is 2.67. The molecule has 140 valence electrons. The second kappa shape index (κ2) is 8.83. The Hall–Kier alpha value is -1.64. The molecule has 2 nitrogen and oxygen atoms in total. The molecule has 2 heteroatoms. The van der Waals surface area contributed by atoms with E-state index in [1.807, 2.05) is 0 Å². The molecule has 1 fully saturated rings. The lowest BCUT2D eigenvalue weighted by Gasteiger charge is -2.42. The van der Waals surface area contributed by atoms with Crippen molar-refractivity contribution < 1.29 is 0 Å². The smallest absolute Gasteiger partial charge is 0.0295 e. The van der Waals surface area contributed by atoms with Crippen LogP contribution in [0.15, 0.2) is 60.7 Å². The molecular weight excluding hydrogens is 316 g/mol. The summed E-state index contributed by atoms with van der Waals surface area (Å²) in [5.41, 5.74) is 2.74. The molecule has 0 saturated heterocycles. The first-order chi connectivity index (χ1) is 12.5. The van der Waals surface area contributed by atoms with Gasteiger partial charge < -0.3 is 10.6 Å². The van der Waals surface area contributed by atoms with Gasteiger partial charge in [0.1, 0.15) is 0 Å². The molecule has 1 saturated carbocycles. The van der Waals surface area contributed by atoms with E-state index in [-0.39, 0.29) is 0 Å². The van der Waals surface area contributed by atoms with Crippen LogP contribution in [0.3, 0.4) is 0 Å². The molecule has 0 amide bonds. The Labute approximate surface area is 159 Å². The SMILES string of the molecule is C[C@H](N[C@@H]1C[C@@H](C)[C@H](C)C[C@H]1N[C@@H](C)c1ccccc1)c1ccccc1. The summed E-state index contributed by atoms with van der Waals surface area (Å²) in [6.45, 7) is 9.39. The van der Waals surface area contributed by atoms with Crippen LogP contribution in [0.1, 0.15) is 63.7 Å². The third kappa shape index (κ3) is 4.75. The van der Waals surface area contributed by atoms with E-state index in [1.54, 1.807) is 0 Å². The van der Waals surface area contributed by atoms with Crippen LogP contribution >= 0.6 is 0 Å². The Morgan fingerprint density at radius 1 is 0.654 bits per heavy atom. The van der Waals surface area contributed by atoms with Gasteiger partial charge in [-0.1, -0.05) is 74.5 Å². The predicted octanol–water partition coefficient (Wildman–Crippen LogP) is 5.49. The van der Waals surface area contributed by atoms with Crippen molar-refractivity contribution >= 4 is 0 Å². The highest BCUT2D eigenvalue weighted by Crippen LogP contribution is 2.32. The molecule has 2 aromatic rings. The molecule has 26 heavy (non-hydrogen) atoms. The molecule has 0 spiro atoms. The van der Waals surface area contributed by atoms with Crippen LogP contribution in [-0.2, 0) is 0 Å². The first-order valence-corrected chi connectivity index (χ1v) is 10.2. The Balaban J connectivity index is 1.70. The molecule has 0 radical (unpaired) electrons. The molecule has 6 atom stereocenters. The molecule has 0 heterocycles. The molecule has 3 rings (SSSR count). The van der Waals surface area contributed by atoms with Gasteiger partial charge in [-0.15, -0.1) is 0 Å². The van der Waals surface area contributed by atoms with Crippen molar-refractivity contribution in [3.8, 4) is 0 Å². The lowest BCUT2D eigenvalue weighted by atomic mass is 9.75. The summed E-state index contributed by atoms with van der Waals surface area (Å²) in [4.78, 5) is 0. The number of nitrogens with one attached hydrogen (secondary N) is 2. The van der Waals surface area contributed by atoms with Gasteiger partial charge in [-0.3, -0.25) is 0 Å². The fraction of sp³-hybridized carbons (Fsp3) is 0.500. The van der Waals surface area contributed by atoms with Gasteiger partial charge in [0.25, 0.3) is 0 Å². The summed E-state index contributed by atoms with van der Waals surface area (Å²) >= 11 is 0. The van der Waals surface area contributed by atoms with Gasteiger partial charge in [-0.05, 0) is 49.7 Å². The van der Waals surface area contributed by atoms with E-state index in [0.717, 1.165) is 11.8 Å². The van der Waals surface area contributed by atoms with E-state index in [4.69, 9.17) is 0 Å². The Morgan fingerprint density at radius 3 is 1.35 bits per heavy atom. The molecule has 2 aromatic carbocycles. The summed E-state index contributed by atoms with van der Waals surface area (Å²) in [7, 11) is 0. The van der Waals surface area contributed by atoms with Crippen molar-refractivity contribution in [3.05, 3.63) is 71.8 Å². The summed E-state index contributed by atoms with van der Waals surface area (Å²) in [5.74, 6) is 1.53. The standard InChI is InChI=1S/C24H34N2/c1-17-15-23(25-19(3)21-11-7-5-8-12-21)24(16-18(17)2)26-20(4)22-13-9-6-10-14-22/h5-14,17-20,23-26H,15-16H2,1-4H3/t17-,18-,19+,20+,23-,24-/m1/s1. The summed E-state index contributed by atoms with van der Waals surface area (Å²) in [6, 6.07) is 23.4. The third-order valence-electron chi connectivity index (χ3n) is 6.24. The zero-order chi connectivity index (χ0) is 18.5. The van der Waals surface area contributed by atoms with E-state index >= 15 is 0 Å². The Morgan fingerprint density at radius 2 is 1.00 bits per heavy atom. The highest BCUT2D eigenvalue weighted by molar-refractivity contribution is 5.20. The largest absolute Gasteiger partial charge is 0.306 e. The number of benzene rings is 2. The molecule has 0 aliphatic heterocycles. The lowest BCUT2D eigenvalue weighted by molar-refractivity contribution is 0.161. The van der Waals surface area contributed by atoms with Crippen molar-refractivity contribution in [2.75, 3.05) is 0 Å². The van der Waals surface area contributed by atoms with Crippen molar-refractivity contribution in [2.24, 2.45) is 11.8 Å². The van der Waals surface area contributed by atoms with Gasteiger partial charge in [0.15, 0.2) is 0 Å². The van der Waals surface area contributed by atoms with Gasteiger partial charge in [0, 0.05) is 24.2 Å². The van der Waals surface area contributed by atoms with Crippen LogP contribution in [0.25, 0.3) is 0 Å². The first-order valence-electron chi connectivity index (χ1n) is 10.2. The van der Waals surface area contributed by atoms with E-state index in [1.165, 1.54) is 24.0 Å². The van der Waals surface area contributed by atoms with Crippen LogP contribution in [0, 0.1) is 11.8 Å². The van der Waals surface area contributed by atoms with E-state index < -0.39 is 0 Å². The number of rotatable bonds is 6. The van der Waals surface area contributed by atoms with E-state index in [2.05, 4.69) is 99.0 Å². The zero-order valence-electron chi connectivity index (χ0n) is 16.7. The van der Waals surface area contributed by atoms with E-state index in [9.17, 15) is 0 Å². The highest BCUT2D eigenvalue weighted by Gasteiger charge is 2.34. The summed E-state index contributed by atoms with van der Waals surface area (Å²) < 4.78 is 0. The van der Waals surface area contributed by atoms with Crippen LogP contribution < -0.4 is 10.6 Å². The molecule has 0 bridgehead atoms. The predicted molar refractivity (Wildman–Crippen MR) is 111 cm³/mol. The molecule has 2 N–H and O–H groups in total. The highest BCUT2D eigenvalue weighted by atomic mass is 15.1. The average molecular weight is 351 g/mol. The number of hydrogen-bond donors (Lipinski definition) is 2. The Kier molecular flexibility index (Phi) is 6.50. The fourth-order valence-electron chi connectivity index (χ4n) is 4.28. The molecular formula is C24H34N2. The third-order valence-corrected chi connectivity index (χ3v) is 6.24. The maximum atomic E-state index is 3.93.